The third-order valence-corrected chi connectivity index (χ3v) is 2.28. The molecule has 1 aromatic heterocycles. The van der Waals surface area contributed by atoms with Crippen molar-refractivity contribution in [1.82, 2.24) is 9.88 Å². The van der Waals surface area contributed by atoms with E-state index >= 15 is 0 Å². The molecule has 0 fully saturated rings. The van der Waals surface area contributed by atoms with Crippen LogP contribution in [0.4, 0.5) is 0 Å². The highest BCUT2D eigenvalue weighted by Crippen LogP contribution is 2.20. The summed E-state index contributed by atoms with van der Waals surface area (Å²) < 4.78 is 5.63. The zero-order chi connectivity index (χ0) is 12.0. The second-order valence-electron chi connectivity index (χ2n) is 4.19. The number of aromatic nitrogens is 1. The molecule has 1 rings (SSSR count). The highest BCUT2D eigenvalue weighted by Gasteiger charge is 2.08. The average Bonchev–Trinajstić information content (AvgIpc) is 2.24. The van der Waals surface area contributed by atoms with Crippen LogP contribution >= 0.6 is 0 Å². The van der Waals surface area contributed by atoms with Crippen LogP contribution in [-0.4, -0.2) is 37.1 Å². The molecule has 0 saturated carbocycles. The minimum atomic E-state index is -0.0439. The molecule has 0 aliphatic rings. The molecular weight excluding hydrogens is 202 g/mol. The molecule has 4 heteroatoms. The van der Waals surface area contributed by atoms with E-state index in [1.807, 2.05) is 33.2 Å². The first-order chi connectivity index (χ1) is 7.61. The maximum Gasteiger partial charge on any atom is 0.218 e. The first-order valence-electron chi connectivity index (χ1n) is 5.59. The van der Waals surface area contributed by atoms with E-state index in [0.717, 1.165) is 18.5 Å². The zero-order valence-corrected chi connectivity index (χ0v) is 10.3. The number of hydrogen-bond acceptors (Lipinski definition) is 4. The van der Waals surface area contributed by atoms with E-state index < -0.39 is 0 Å². The number of rotatable bonds is 6. The van der Waals surface area contributed by atoms with E-state index in [4.69, 9.17) is 10.5 Å². The number of nitrogens with two attached hydrogens (primary N) is 1. The molecule has 0 spiro atoms. The monoisotopic (exact) mass is 223 g/mol. The molecule has 0 bridgehead atoms. The lowest BCUT2D eigenvalue weighted by molar-refractivity contribution is 0.270. The molecule has 0 aromatic carbocycles. The Morgan fingerprint density at radius 2 is 2.25 bits per heavy atom. The smallest absolute Gasteiger partial charge is 0.218 e. The average molecular weight is 223 g/mol. The summed E-state index contributed by atoms with van der Waals surface area (Å²) in [4.78, 5) is 6.33. The predicted octanol–water partition coefficient (Wildman–Crippen LogP) is 1.43. The van der Waals surface area contributed by atoms with Gasteiger partial charge in [-0.2, -0.15) is 0 Å². The molecule has 1 heterocycles. The summed E-state index contributed by atoms with van der Waals surface area (Å²) >= 11 is 0. The first-order valence-corrected chi connectivity index (χ1v) is 5.59. The molecule has 4 nitrogen and oxygen atoms in total. The van der Waals surface area contributed by atoms with Gasteiger partial charge in [0.15, 0.2) is 0 Å². The molecule has 0 aliphatic carbocycles. The van der Waals surface area contributed by atoms with Crippen LogP contribution in [0.15, 0.2) is 18.3 Å². The lowest BCUT2D eigenvalue weighted by atomic mass is 10.1. The second kappa shape index (κ2) is 6.45. The third-order valence-electron chi connectivity index (χ3n) is 2.28. The molecule has 0 unspecified atom stereocenters. The number of pyridine rings is 1. The largest absolute Gasteiger partial charge is 0.477 e. The molecule has 2 N–H and O–H groups in total. The van der Waals surface area contributed by atoms with Crippen molar-refractivity contribution in [1.29, 1.82) is 0 Å². The van der Waals surface area contributed by atoms with Gasteiger partial charge < -0.3 is 15.4 Å². The molecule has 90 valence electrons. The molecular formula is C12H21N3O. The normalized spacial score (nSPS) is 12.8. The van der Waals surface area contributed by atoms with Crippen molar-refractivity contribution in [2.24, 2.45) is 5.73 Å². The van der Waals surface area contributed by atoms with Crippen molar-refractivity contribution in [3.8, 4) is 5.88 Å². The van der Waals surface area contributed by atoms with Gasteiger partial charge in [0.25, 0.3) is 0 Å². The van der Waals surface area contributed by atoms with Crippen molar-refractivity contribution in [3.63, 3.8) is 0 Å². The van der Waals surface area contributed by atoms with Crippen LogP contribution in [0.25, 0.3) is 0 Å². The quantitative estimate of drug-likeness (QED) is 0.741. The summed E-state index contributed by atoms with van der Waals surface area (Å²) in [5.41, 5.74) is 6.80. The van der Waals surface area contributed by atoms with E-state index in [-0.39, 0.29) is 6.04 Å². The molecule has 1 atom stereocenters. The van der Waals surface area contributed by atoms with Gasteiger partial charge in [-0.1, -0.05) is 6.07 Å². The van der Waals surface area contributed by atoms with Crippen LogP contribution in [0.3, 0.4) is 0 Å². The minimum absolute atomic E-state index is 0.0439. The van der Waals surface area contributed by atoms with Crippen molar-refractivity contribution < 1.29 is 4.74 Å². The predicted molar refractivity (Wildman–Crippen MR) is 65.5 cm³/mol. The fraction of sp³-hybridized carbons (Fsp3) is 0.583. The molecule has 16 heavy (non-hydrogen) atoms. The fourth-order valence-corrected chi connectivity index (χ4v) is 1.42. The Kier molecular flexibility index (Phi) is 5.22. The van der Waals surface area contributed by atoms with Crippen LogP contribution in [0.1, 0.15) is 24.9 Å². The van der Waals surface area contributed by atoms with Crippen molar-refractivity contribution >= 4 is 0 Å². The Bertz CT molecular complexity index is 313. The van der Waals surface area contributed by atoms with Gasteiger partial charge in [-0.05, 0) is 33.5 Å². The van der Waals surface area contributed by atoms with Crippen molar-refractivity contribution in [3.05, 3.63) is 23.9 Å². The Hall–Kier alpha value is -1.13. The van der Waals surface area contributed by atoms with Crippen molar-refractivity contribution in [2.45, 2.75) is 19.4 Å². The maximum atomic E-state index is 5.84. The summed E-state index contributed by atoms with van der Waals surface area (Å²) in [7, 11) is 4.10. The van der Waals surface area contributed by atoms with Gasteiger partial charge >= 0.3 is 0 Å². The van der Waals surface area contributed by atoms with E-state index in [9.17, 15) is 0 Å². The summed E-state index contributed by atoms with van der Waals surface area (Å²) in [6.45, 7) is 3.62. The molecule has 0 radical (unpaired) electrons. The Balaban J connectivity index is 2.47. The Labute approximate surface area is 97.4 Å². The van der Waals surface area contributed by atoms with Crippen LogP contribution in [0, 0.1) is 0 Å². The number of hydrogen-bond donors (Lipinski definition) is 1. The van der Waals surface area contributed by atoms with E-state index in [1.54, 1.807) is 6.20 Å². The summed E-state index contributed by atoms with van der Waals surface area (Å²) in [5, 5.41) is 0. The lowest BCUT2D eigenvalue weighted by Gasteiger charge is -2.13. The van der Waals surface area contributed by atoms with Crippen LogP contribution in [-0.2, 0) is 0 Å². The Morgan fingerprint density at radius 1 is 1.50 bits per heavy atom. The molecule has 0 aliphatic heterocycles. The van der Waals surface area contributed by atoms with E-state index in [2.05, 4.69) is 9.88 Å². The number of ether oxygens (including phenoxy) is 1. The standard InChI is InChI=1S/C12H21N3O/c1-10(13)11-6-4-7-14-12(11)16-9-5-8-15(2)3/h4,6-7,10H,5,8-9,13H2,1-3H3/t10-/m0/s1. The topological polar surface area (TPSA) is 51.4 Å². The van der Waals surface area contributed by atoms with Crippen LogP contribution in [0.5, 0.6) is 5.88 Å². The summed E-state index contributed by atoms with van der Waals surface area (Å²) in [6.07, 6.45) is 2.72. The summed E-state index contributed by atoms with van der Waals surface area (Å²) in [5.74, 6) is 0.663. The van der Waals surface area contributed by atoms with Gasteiger partial charge in [0, 0.05) is 24.3 Å². The molecule has 0 saturated heterocycles. The minimum Gasteiger partial charge on any atom is -0.477 e. The van der Waals surface area contributed by atoms with E-state index in [1.165, 1.54) is 0 Å². The third kappa shape index (κ3) is 4.16. The van der Waals surface area contributed by atoms with Crippen LogP contribution < -0.4 is 10.5 Å². The van der Waals surface area contributed by atoms with Crippen LogP contribution in [0.2, 0.25) is 0 Å². The SMILES string of the molecule is C[C@H](N)c1cccnc1OCCCN(C)C. The lowest BCUT2D eigenvalue weighted by Crippen LogP contribution is -2.16. The fourth-order valence-electron chi connectivity index (χ4n) is 1.42. The van der Waals surface area contributed by atoms with Gasteiger partial charge in [-0.15, -0.1) is 0 Å². The maximum absolute atomic E-state index is 5.84. The first kappa shape index (κ1) is 12.9. The van der Waals surface area contributed by atoms with Gasteiger partial charge in [0.1, 0.15) is 0 Å². The molecule has 1 aromatic rings. The van der Waals surface area contributed by atoms with Gasteiger partial charge in [-0.3, -0.25) is 0 Å². The van der Waals surface area contributed by atoms with E-state index in [0.29, 0.717) is 12.5 Å². The van der Waals surface area contributed by atoms with Gasteiger partial charge in [0.2, 0.25) is 5.88 Å². The van der Waals surface area contributed by atoms with Gasteiger partial charge in [-0.25, -0.2) is 4.98 Å². The Morgan fingerprint density at radius 3 is 2.88 bits per heavy atom. The second-order valence-corrected chi connectivity index (χ2v) is 4.19. The highest BCUT2D eigenvalue weighted by molar-refractivity contribution is 5.27. The summed E-state index contributed by atoms with van der Waals surface area (Å²) in [6, 6.07) is 3.79. The van der Waals surface area contributed by atoms with Crippen molar-refractivity contribution in [2.75, 3.05) is 27.2 Å². The zero-order valence-electron chi connectivity index (χ0n) is 10.3. The van der Waals surface area contributed by atoms with Gasteiger partial charge in [0.05, 0.1) is 6.61 Å². The molecule has 0 amide bonds. The number of nitrogens with zero attached hydrogens (tertiary/aromatic N) is 2. The highest BCUT2D eigenvalue weighted by atomic mass is 16.5.